The number of anilines is 2. The first-order valence-electron chi connectivity index (χ1n) is 13.5. The molecule has 6 heterocycles. The second-order valence-corrected chi connectivity index (χ2v) is 11.5. The van der Waals surface area contributed by atoms with Crippen LogP contribution in [0, 0.1) is 11.3 Å². The van der Waals surface area contributed by atoms with Crippen molar-refractivity contribution in [3.63, 3.8) is 0 Å². The van der Waals surface area contributed by atoms with E-state index in [1.165, 1.54) is 41.6 Å². The van der Waals surface area contributed by atoms with Crippen LogP contribution in [0.2, 0.25) is 0 Å². The summed E-state index contributed by atoms with van der Waals surface area (Å²) in [5, 5.41) is 77.3. The zero-order valence-corrected chi connectivity index (χ0v) is 24.8. The molecule has 0 saturated carbocycles. The van der Waals surface area contributed by atoms with Crippen LogP contribution in [-0.4, -0.2) is 114 Å². The van der Waals surface area contributed by atoms with Gasteiger partial charge in [-0.1, -0.05) is 12.2 Å². The second kappa shape index (κ2) is 11.7. The summed E-state index contributed by atoms with van der Waals surface area (Å²) >= 11 is 5.02. The minimum atomic E-state index is -1.66. The lowest BCUT2D eigenvalue weighted by Crippen LogP contribution is -2.43. The number of aromatic nitrogens is 6. The standard InChI is InChI=1S/C13H17N5O4S.C13H15N5O4/c1-13(21)9(20)7(3-19)22-10(13)6-2-5(12(15)23)8-11(14)16-4-17-18(6)8;1-13(21)10(20)8(4-19)22-11(13)7-2-6(3-14)9-12(15)16-5-17-18(7)9/h2,4,7,9-10,19-21H,3H2,1H3,(H2,15,23)(H2,14,16,17);2,5,8,10-11,19-21H,4H2,1H3,(H2,15,16,17)/t7-,9-,10+,13-;8-,10-,11+,13-/m11/s1. The summed E-state index contributed by atoms with van der Waals surface area (Å²) in [7, 11) is 0. The molecule has 18 nitrogen and oxygen atoms in total. The number of nitrogens with zero attached hydrogens (tertiary/aromatic N) is 7. The largest absolute Gasteiger partial charge is 0.394 e. The van der Waals surface area contributed by atoms with Crippen LogP contribution in [0.15, 0.2) is 24.8 Å². The Labute approximate surface area is 259 Å². The molecule has 0 aliphatic carbocycles. The lowest BCUT2D eigenvalue weighted by atomic mass is 9.91. The average molecular weight is 645 g/mol. The maximum atomic E-state index is 10.6. The third kappa shape index (κ3) is 5.11. The van der Waals surface area contributed by atoms with Crippen molar-refractivity contribution in [2.75, 3.05) is 24.7 Å². The molecule has 0 unspecified atom stereocenters. The van der Waals surface area contributed by atoms with Crippen molar-refractivity contribution in [3.8, 4) is 6.07 Å². The Morgan fingerprint density at radius 3 is 1.78 bits per heavy atom. The Kier molecular flexibility index (Phi) is 8.38. The van der Waals surface area contributed by atoms with E-state index < -0.39 is 61.0 Å². The van der Waals surface area contributed by atoms with Crippen LogP contribution < -0.4 is 17.2 Å². The number of ether oxygens (including phenoxy) is 2. The van der Waals surface area contributed by atoms with Gasteiger partial charge in [0.25, 0.3) is 0 Å². The highest BCUT2D eigenvalue weighted by atomic mass is 32.1. The van der Waals surface area contributed by atoms with Crippen molar-refractivity contribution >= 4 is 39.9 Å². The Balaban J connectivity index is 0.000000178. The van der Waals surface area contributed by atoms with Crippen LogP contribution in [-0.2, 0) is 9.47 Å². The first-order chi connectivity index (χ1) is 21.2. The maximum absolute atomic E-state index is 10.6. The number of nitriles is 1. The van der Waals surface area contributed by atoms with Gasteiger partial charge in [0.05, 0.1) is 30.2 Å². The van der Waals surface area contributed by atoms with Crippen molar-refractivity contribution in [3.05, 3.63) is 47.3 Å². The lowest BCUT2D eigenvalue weighted by Gasteiger charge is -2.26. The monoisotopic (exact) mass is 644 g/mol. The second-order valence-electron chi connectivity index (χ2n) is 11.1. The molecule has 240 valence electrons. The van der Waals surface area contributed by atoms with E-state index in [1.807, 2.05) is 6.07 Å². The fourth-order valence-electron chi connectivity index (χ4n) is 5.69. The molecule has 4 aromatic heterocycles. The van der Waals surface area contributed by atoms with Crippen LogP contribution in [0.3, 0.4) is 0 Å². The number of nitrogens with two attached hydrogens (primary N) is 3. The third-order valence-corrected chi connectivity index (χ3v) is 8.31. The number of hydrogen-bond donors (Lipinski definition) is 9. The molecule has 6 rings (SSSR count). The number of thiocarbonyl (C=S) groups is 1. The third-order valence-electron chi connectivity index (χ3n) is 8.09. The van der Waals surface area contributed by atoms with Crippen molar-refractivity contribution < 1.29 is 40.1 Å². The van der Waals surface area contributed by atoms with Gasteiger partial charge in [-0.25, -0.2) is 19.0 Å². The predicted octanol–water partition coefficient (Wildman–Crippen LogP) is -2.78. The molecule has 0 bridgehead atoms. The summed E-state index contributed by atoms with van der Waals surface area (Å²) in [6.07, 6.45) is -3.88. The predicted molar refractivity (Wildman–Crippen MR) is 158 cm³/mol. The van der Waals surface area contributed by atoms with Gasteiger partial charge in [0.1, 0.15) is 82.6 Å². The quantitative estimate of drug-likeness (QED) is 0.0992. The fraction of sp³-hybridized carbons (Fsp3) is 0.462. The van der Waals surface area contributed by atoms with Gasteiger partial charge in [-0.05, 0) is 26.0 Å². The summed E-state index contributed by atoms with van der Waals surface area (Å²) in [5.41, 5.74) is 16.2. The summed E-state index contributed by atoms with van der Waals surface area (Å²) in [6.45, 7) is 1.94. The summed E-state index contributed by atoms with van der Waals surface area (Å²) in [5.74, 6) is 0.292. The summed E-state index contributed by atoms with van der Waals surface area (Å²) < 4.78 is 13.9. The van der Waals surface area contributed by atoms with Crippen LogP contribution in [0.4, 0.5) is 11.6 Å². The molecule has 0 amide bonds. The van der Waals surface area contributed by atoms with Gasteiger partial charge in [-0.15, -0.1) is 0 Å². The van der Waals surface area contributed by atoms with E-state index in [0.717, 1.165) is 0 Å². The molecular weight excluding hydrogens is 612 g/mol. The van der Waals surface area contributed by atoms with Crippen molar-refractivity contribution in [1.82, 2.24) is 29.2 Å². The SMILES string of the molecule is C[C@@]1(O)[C@H](O)[C@@H](CO)O[C@H]1c1cc(C#N)c2c(N)ncnn12.C[C@@]1(O)[C@H](O)[C@@H](CO)O[C@H]1c1cc(C(N)=S)c2c(N)ncnn12. The highest BCUT2D eigenvalue weighted by Crippen LogP contribution is 2.44. The van der Waals surface area contributed by atoms with Gasteiger partial charge in [0.15, 0.2) is 11.6 Å². The molecule has 45 heavy (non-hydrogen) atoms. The van der Waals surface area contributed by atoms with Crippen LogP contribution in [0.25, 0.3) is 11.0 Å². The van der Waals surface area contributed by atoms with Crippen molar-refractivity contribution in [1.29, 1.82) is 5.26 Å². The number of fused-ring (bicyclic) bond motifs is 2. The van der Waals surface area contributed by atoms with Crippen molar-refractivity contribution in [2.45, 2.75) is 61.7 Å². The van der Waals surface area contributed by atoms with E-state index in [0.29, 0.717) is 28.0 Å². The fourth-order valence-corrected chi connectivity index (χ4v) is 5.85. The molecule has 8 atom stereocenters. The van der Waals surface area contributed by atoms with Gasteiger partial charge < -0.3 is 57.3 Å². The summed E-state index contributed by atoms with van der Waals surface area (Å²) in [4.78, 5) is 7.84. The smallest absolute Gasteiger partial charge is 0.152 e. The Morgan fingerprint density at radius 1 is 0.911 bits per heavy atom. The number of hydrogen-bond acceptors (Lipinski definition) is 16. The number of aliphatic hydroxyl groups excluding tert-OH is 4. The van der Waals surface area contributed by atoms with Crippen molar-refractivity contribution in [2.24, 2.45) is 5.73 Å². The normalized spacial score (nSPS) is 31.2. The van der Waals surface area contributed by atoms with Gasteiger partial charge in [0.2, 0.25) is 0 Å². The number of rotatable bonds is 5. The van der Waals surface area contributed by atoms with Crippen LogP contribution in [0.5, 0.6) is 0 Å². The minimum Gasteiger partial charge on any atom is -0.394 e. The zero-order chi connectivity index (χ0) is 33.0. The molecule has 12 N–H and O–H groups in total. The highest BCUT2D eigenvalue weighted by molar-refractivity contribution is 7.80. The molecule has 2 aliphatic heterocycles. The lowest BCUT2D eigenvalue weighted by molar-refractivity contribution is -0.0665. The molecule has 0 aromatic carbocycles. The van der Waals surface area contributed by atoms with Gasteiger partial charge in [0, 0.05) is 5.56 Å². The van der Waals surface area contributed by atoms with Crippen LogP contribution in [0.1, 0.15) is 48.6 Å². The van der Waals surface area contributed by atoms with E-state index in [9.17, 15) is 35.9 Å². The first kappa shape index (κ1) is 32.3. The molecule has 0 radical (unpaired) electrons. The van der Waals surface area contributed by atoms with Gasteiger partial charge >= 0.3 is 0 Å². The maximum Gasteiger partial charge on any atom is 0.152 e. The van der Waals surface area contributed by atoms with E-state index in [1.54, 1.807) is 6.07 Å². The molecule has 2 saturated heterocycles. The number of aliphatic hydroxyl groups is 6. The summed E-state index contributed by atoms with van der Waals surface area (Å²) in [6, 6.07) is 5.06. The minimum absolute atomic E-state index is 0.0900. The Bertz CT molecular complexity index is 1800. The van der Waals surface area contributed by atoms with E-state index in [-0.39, 0.29) is 22.2 Å². The first-order valence-corrected chi connectivity index (χ1v) is 13.9. The van der Waals surface area contributed by atoms with E-state index in [4.69, 9.17) is 38.9 Å². The molecule has 2 fully saturated rings. The van der Waals surface area contributed by atoms with Gasteiger partial charge in [-0.3, -0.25) is 0 Å². The molecule has 4 aromatic rings. The number of nitrogen functional groups attached to an aromatic ring is 2. The van der Waals surface area contributed by atoms with E-state index >= 15 is 0 Å². The van der Waals surface area contributed by atoms with Gasteiger partial charge in [-0.2, -0.15) is 15.5 Å². The zero-order valence-electron chi connectivity index (χ0n) is 24.0. The van der Waals surface area contributed by atoms with Crippen LogP contribution >= 0.6 is 12.2 Å². The Hall–Kier alpha value is -4.10. The van der Waals surface area contributed by atoms with E-state index in [2.05, 4.69) is 20.2 Å². The molecule has 0 spiro atoms. The Morgan fingerprint density at radius 2 is 1.36 bits per heavy atom. The average Bonchev–Trinajstić information content (AvgIpc) is 3.69. The highest BCUT2D eigenvalue weighted by Gasteiger charge is 2.54. The molecular formula is C26H32N10O8S. The molecule has 19 heteroatoms. The topological polar surface area (TPSA) is 302 Å². The molecule has 2 aliphatic rings.